The van der Waals surface area contributed by atoms with Crippen LogP contribution in [-0.4, -0.2) is 11.7 Å². The highest BCUT2D eigenvalue weighted by atomic mass is 32.2. The average Bonchev–Trinajstić information content (AvgIpc) is 2.40. The Balaban J connectivity index is 1.97. The molecule has 0 aliphatic rings. The van der Waals surface area contributed by atoms with Gasteiger partial charge in [-0.3, -0.25) is 4.79 Å². The van der Waals surface area contributed by atoms with Crippen molar-refractivity contribution in [1.82, 2.24) is 0 Å². The number of nitrogens with two attached hydrogens (primary N) is 1. The third kappa shape index (κ3) is 4.19. The number of amides is 1. The van der Waals surface area contributed by atoms with Crippen molar-refractivity contribution in [3.8, 4) is 0 Å². The zero-order chi connectivity index (χ0) is 15.4. The van der Waals surface area contributed by atoms with Crippen LogP contribution in [0.4, 0.5) is 20.2 Å². The summed E-state index contributed by atoms with van der Waals surface area (Å²) >= 11 is 0.795. The second-order valence-corrected chi connectivity index (χ2v) is 5.50. The van der Waals surface area contributed by atoms with Crippen LogP contribution in [0, 0.1) is 18.6 Å². The number of carbonyl (C=O) groups is 1. The summed E-state index contributed by atoms with van der Waals surface area (Å²) in [6.45, 7) is 1.94. The number of benzene rings is 2. The van der Waals surface area contributed by atoms with E-state index in [0.717, 1.165) is 29.5 Å². The van der Waals surface area contributed by atoms with Crippen molar-refractivity contribution < 1.29 is 13.6 Å². The first-order valence-electron chi connectivity index (χ1n) is 6.19. The molecular formula is C15H14F2N2OS. The number of rotatable bonds is 4. The molecular weight excluding hydrogens is 294 g/mol. The molecule has 0 heterocycles. The molecule has 3 N–H and O–H groups in total. The number of hydrogen-bond acceptors (Lipinski definition) is 3. The van der Waals surface area contributed by atoms with Crippen molar-refractivity contribution >= 4 is 29.0 Å². The Bertz CT molecular complexity index is 636. The topological polar surface area (TPSA) is 55.1 Å². The number of thioether (sulfide) groups is 1. The first-order valence-corrected chi connectivity index (χ1v) is 7.18. The molecule has 110 valence electrons. The Labute approximate surface area is 125 Å². The quantitative estimate of drug-likeness (QED) is 0.670. The van der Waals surface area contributed by atoms with Gasteiger partial charge in [-0.15, -0.1) is 11.8 Å². The lowest BCUT2D eigenvalue weighted by atomic mass is 10.2. The summed E-state index contributed by atoms with van der Waals surface area (Å²) in [5, 5.41) is 2.66. The molecule has 0 unspecified atom stereocenters. The van der Waals surface area contributed by atoms with Gasteiger partial charge in [-0.2, -0.15) is 0 Å². The SMILES string of the molecule is Cc1ccc(NC(=O)CSc2c(F)cc(N)cc2F)cc1. The van der Waals surface area contributed by atoms with Gasteiger partial charge in [0, 0.05) is 11.4 Å². The van der Waals surface area contributed by atoms with Crippen molar-refractivity contribution in [2.75, 3.05) is 16.8 Å². The van der Waals surface area contributed by atoms with E-state index >= 15 is 0 Å². The minimum absolute atomic E-state index is 0.0125. The molecule has 0 saturated carbocycles. The lowest BCUT2D eigenvalue weighted by Crippen LogP contribution is -2.14. The van der Waals surface area contributed by atoms with Gasteiger partial charge in [-0.05, 0) is 31.2 Å². The van der Waals surface area contributed by atoms with Gasteiger partial charge < -0.3 is 11.1 Å². The van der Waals surface area contributed by atoms with E-state index in [9.17, 15) is 13.6 Å². The minimum atomic E-state index is -0.763. The molecule has 0 bridgehead atoms. The van der Waals surface area contributed by atoms with Crippen LogP contribution in [0.3, 0.4) is 0 Å². The van der Waals surface area contributed by atoms with E-state index in [1.807, 2.05) is 19.1 Å². The predicted molar refractivity (Wildman–Crippen MR) is 81.3 cm³/mol. The highest BCUT2D eigenvalue weighted by molar-refractivity contribution is 8.00. The molecule has 0 aromatic heterocycles. The lowest BCUT2D eigenvalue weighted by Gasteiger charge is -2.07. The zero-order valence-electron chi connectivity index (χ0n) is 11.3. The van der Waals surface area contributed by atoms with Crippen molar-refractivity contribution in [3.63, 3.8) is 0 Å². The van der Waals surface area contributed by atoms with Crippen LogP contribution < -0.4 is 11.1 Å². The number of carbonyl (C=O) groups excluding carboxylic acids is 1. The Morgan fingerprint density at radius 3 is 2.33 bits per heavy atom. The fraction of sp³-hybridized carbons (Fsp3) is 0.133. The van der Waals surface area contributed by atoms with E-state index in [1.54, 1.807) is 12.1 Å². The fourth-order valence-electron chi connectivity index (χ4n) is 1.69. The van der Waals surface area contributed by atoms with E-state index in [4.69, 9.17) is 5.73 Å². The standard InChI is InChI=1S/C15H14F2N2OS/c1-9-2-4-11(5-3-9)19-14(20)8-21-15-12(16)6-10(18)7-13(15)17/h2-7H,8,18H2,1H3,(H,19,20). The van der Waals surface area contributed by atoms with Crippen LogP contribution in [0.1, 0.15) is 5.56 Å². The Kier molecular flexibility index (Phi) is 4.80. The number of halogens is 2. The van der Waals surface area contributed by atoms with Gasteiger partial charge in [-0.1, -0.05) is 17.7 Å². The van der Waals surface area contributed by atoms with Gasteiger partial charge in [-0.25, -0.2) is 8.78 Å². The summed E-state index contributed by atoms with van der Waals surface area (Å²) < 4.78 is 27.1. The van der Waals surface area contributed by atoms with Gasteiger partial charge >= 0.3 is 0 Å². The van der Waals surface area contributed by atoms with Crippen LogP contribution in [0.15, 0.2) is 41.3 Å². The number of nitrogens with one attached hydrogen (secondary N) is 1. The molecule has 3 nitrogen and oxygen atoms in total. The molecule has 2 aromatic rings. The number of anilines is 2. The molecule has 0 radical (unpaired) electrons. The van der Waals surface area contributed by atoms with Crippen LogP contribution in [0.2, 0.25) is 0 Å². The molecule has 2 aromatic carbocycles. The molecule has 2 rings (SSSR count). The first-order chi connectivity index (χ1) is 9.95. The average molecular weight is 308 g/mol. The van der Waals surface area contributed by atoms with Gasteiger partial charge in [0.25, 0.3) is 0 Å². The van der Waals surface area contributed by atoms with Crippen molar-refractivity contribution in [2.45, 2.75) is 11.8 Å². The molecule has 0 fully saturated rings. The van der Waals surface area contributed by atoms with E-state index in [2.05, 4.69) is 5.32 Å². The molecule has 1 amide bonds. The minimum Gasteiger partial charge on any atom is -0.399 e. The summed E-state index contributed by atoms with van der Waals surface area (Å²) in [4.78, 5) is 11.6. The fourth-order valence-corrected chi connectivity index (χ4v) is 2.43. The smallest absolute Gasteiger partial charge is 0.234 e. The molecule has 0 spiro atoms. The van der Waals surface area contributed by atoms with Gasteiger partial charge in [0.1, 0.15) is 11.6 Å². The van der Waals surface area contributed by atoms with Gasteiger partial charge in [0.2, 0.25) is 5.91 Å². The maximum Gasteiger partial charge on any atom is 0.234 e. The monoisotopic (exact) mass is 308 g/mol. The van der Waals surface area contributed by atoms with Crippen molar-refractivity contribution in [3.05, 3.63) is 53.6 Å². The maximum absolute atomic E-state index is 13.6. The van der Waals surface area contributed by atoms with Gasteiger partial charge in [0.15, 0.2) is 0 Å². The third-order valence-electron chi connectivity index (χ3n) is 2.70. The second kappa shape index (κ2) is 6.58. The van der Waals surface area contributed by atoms with Crippen molar-refractivity contribution in [1.29, 1.82) is 0 Å². The van der Waals surface area contributed by atoms with Crippen LogP contribution >= 0.6 is 11.8 Å². The normalized spacial score (nSPS) is 10.4. The Morgan fingerprint density at radius 2 is 1.76 bits per heavy atom. The van der Waals surface area contributed by atoms with E-state index < -0.39 is 11.6 Å². The number of nitrogen functional groups attached to an aromatic ring is 1. The van der Waals surface area contributed by atoms with Crippen LogP contribution in [-0.2, 0) is 4.79 Å². The molecule has 21 heavy (non-hydrogen) atoms. The Hall–Kier alpha value is -2.08. The van der Waals surface area contributed by atoms with Crippen LogP contribution in [0.25, 0.3) is 0 Å². The first kappa shape index (κ1) is 15.3. The van der Waals surface area contributed by atoms with E-state index in [-0.39, 0.29) is 22.2 Å². The molecule has 0 saturated heterocycles. The van der Waals surface area contributed by atoms with Crippen molar-refractivity contribution in [2.24, 2.45) is 0 Å². The van der Waals surface area contributed by atoms with Crippen LogP contribution in [0.5, 0.6) is 0 Å². The largest absolute Gasteiger partial charge is 0.399 e. The van der Waals surface area contributed by atoms with E-state index in [1.165, 1.54) is 0 Å². The highest BCUT2D eigenvalue weighted by Gasteiger charge is 2.13. The zero-order valence-corrected chi connectivity index (χ0v) is 12.1. The molecule has 0 atom stereocenters. The molecule has 6 heteroatoms. The van der Waals surface area contributed by atoms with E-state index in [0.29, 0.717) is 5.69 Å². The third-order valence-corrected chi connectivity index (χ3v) is 3.79. The number of aryl methyl sites for hydroxylation is 1. The Morgan fingerprint density at radius 1 is 1.19 bits per heavy atom. The highest BCUT2D eigenvalue weighted by Crippen LogP contribution is 2.27. The second-order valence-electron chi connectivity index (χ2n) is 4.52. The summed E-state index contributed by atoms with van der Waals surface area (Å²) in [6.07, 6.45) is 0. The van der Waals surface area contributed by atoms with Gasteiger partial charge in [0.05, 0.1) is 10.6 Å². The lowest BCUT2D eigenvalue weighted by molar-refractivity contribution is -0.113. The molecule has 0 aliphatic heterocycles. The summed E-state index contributed by atoms with van der Waals surface area (Å²) in [5.41, 5.74) is 7.06. The summed E-state index contributed by atoms with van der Waals surface area (Å²) in [6, 6.07) is 9.32. The predicted octanol–water partition coefficient (Wildman–Crippen LogP) is 3.59. The number of hydrogen-bond donors (Lipinski definition) is 2. The summed E-state index contributed by atoms with van der Waals surface area (Å²) in [7, 11) is 0. The maximum atomic E-state index is 13.6. The summed E-state index contributed by atoms with van der Waals surface area (Å²) in [5.74, 6) is -1.95. The molecule has 0 aliphatic carbocycles.